The number of ether oxygens (including phenoxy) is 2. The van der Waals surface area contributed by atoms with Crippen LogP contribution in [-0.4, -0.2) is 41.0 Å². The van der Waals surface area contributed by atoms with Gasteiger partial charge in [0.1, 0.15) is 30.0 Å². The van der Waals surface area contributed by atoms with E-state index in [-0.39, 0.29) is 52.1 Å². The first-order chi connectivity index (χ1) is 20.6. The number of anilines is 3. The van der Waals surface area contributed by atoms with E-state index in [4.69, 9.17) is 21.1 Å². The number of rotatable bonds is 11. The van der Waals surface area contributed by atoms with Gasteiger partial charge in [0, 0.05) is 34.3 Å². The lowest BCUT2D eigenvalue weighted by molar-refractivity contribution is 0.306. The molecule has 1 aliphatic rings. The quantitative estimate of drug-likeness (QED) is 0.172. The zero-order chi connectivity index (χ0) is 30.6. The molecule has 4 aromatic rings. The Kier molecular flexibility index (Phi) is 9.61. The maximum Gasteiger partial charge on any atom is 0.233 e. The fraction of sp³-hybridized carbons (Fsp3) is 0.241. The molecule has 0 aliphatic carbocycles. The number of nitrogens with one attached hydrogen (secondary N) is 2. The third kappa shape index (κ3) is 7.69. The molecule has 0 radical (unpaired) electrons. The number of nitriles is 1. The first kappa shape index (κ1) is 30.9. The predicted octanol–water partition coefficient (Wildman–Crippen LogP) is 6.53. The highest BCUT2D eigenvalue weighted by Gasteiger charge is 2.28. The largest absolute Gasteiger partial charge is 0.492 e. The summed E-state index contributed by atoms with van der Waals surface area (Å²) in [5.74, 6) is 0.582. The van der Waals surface area contributed by atoms with Crippen LogP contribution in [0.2, 0.25) is 5.02 Å². The van der Waals surface area contributed by atoms with Gasteiger partial charge in [-0.25, -0.2) is 17.0 Å². The van der Waals surface area contributed by atoms with Gasteiger partial charge in [-0.15, -0.1) is 0 Å². The molecule has 14 heteroatoms. The van der Waals surface area contributed by atoms with E-state index in [0.29, 0.717) is 45.8 Å². The number of fused-ring (bicyclic) bond motifs is 1. The van der Waals surface area contributed by atoms with Crippen LogP contribution >= 0.6 is 22.4 Å². The summed E-state index contributed by atoms with van der Waals surface area (Å²) in [4.78, 5) is 4.39. The van der Waals surface area contributed by atoms with Crippen LogP contribution in [0, 0.1) is 17.1 Å². The van der Waals surface area contributed by atoms with Crippen molar-refractivity contribution in [2.45, 2.75) is 25.2 Å². The van der Waals surface area contributed by atoms with Gasteiger partial charge >= 0.3 is 0 Å². The van der Waals surface area contributed by atoms with Crippen LogP contribution in [0.1, 0.15) is 24.5 Å². The Morgan fingerprint density at radius 1 is 1.19 bits per heavy atom. The van der Waals surface area contributed by atoms with Crippen molar-refractivity contribution in [2.24, 2.45) is 0 Å². The number of hydrogen-bond donors (Lipinski definition) is 2. The normalized spacial score (nSPS) is 16.5. The van der Waals surface area contributed by atoms with E-state index >= 15 is 0 Å². The average molecular weight is 661 g/mol. The molecule has 1 aliphatic heterocycles. The smallest absolute Gasteiger partial charge is 0.233 e. The van der Waals surface area contributed by atoms with E-state index in [1.807, 2.05) is 0 Å². The van der Waals surface area contributed by atoms with E-state index < -0.39 is 19.9 Å². The number of benzene rings is 3. The van der Waals surface area contributed by atoms with Crippen molar-refractivity contribution in [2.75, 3.05) is 28.2 Å². The molecule has 9 nitrogen and oxygen atoms in total. The third-order valence-electron chi connectivity index (χ3n) is 6.39. The lowest BCUT2D eigenvalue weighted by atomic mass is 10.1. The summed E-state index contributed by atoms with van der Waals surface area (Å²) in [5, 5.41) is 13.6. The number of sulfonamides is 1. The zero-order valence-electron chi connectivity index (χ0n) is 22.8. The minimum atomic E-state index is -3.82. The molecule has 2 atom stereocenters. The van der Waals surface area contributed by atoms with Gasteiger partial charge in [-0.05, 0) is 55.3 Å². The van der Waals surface area contributed by atoms with Crippen LogP contribution in [0.15, 0.2) is 60.8 Å². The molecule has 0 bridgehead atoms. The van der Waals surface area contributed by atoms with Crippen molar-refractivity contribution in [3.05, 3.63) is 82.8 Å². The second kappa shape index (κ2) is 13.4. The van der Waals surface area contributed by atoms with E-state index in [1.54, 1.807) is 49.4 Å². The summed E-state index contributed by atoms with van der Waals surface area (Å²) < 4.78 is 65.5. The number of halogens is 2. The summed E-state index contributed by atoms with van der Waals surface area (Å²) >= 11 is 6.49. The first-order valence-electron chi connectivity index (χ1n) is 13.1. The van der Waals surface area contributed by atoms with Gasteiger partial charge in [0.2, 0.25) is 10.0 Å². The molecule has 1 fully saturated rings. The van der Waals surface area contributed by atoms with Crippen molar-refractivity contribution in [3.63, 3.8) is 0 Å². The van der Waals surface area contributed by atoms with Crippen molar-refractivity contribution >= 4 is 70.2 Å². The van der Waals surface area contributed by atoms with Gasteiger partial charge in [-0.2, -0.15) is 5.26 Å². The molecule has 1 saturated heterocycles. The Labute approximate surface area is 259 Å². The third-order valence-corrected chi connectivity index (χ3v) is 11.7. The summed E-state index contributed by atoms with van der Waals surface area (Å²) in [6.07, 6.45) is 1.97. The van der Waals surface area contributed by atoms with Gasteiger partial charge in [0.15, 0.2) is 0 Å². The topological polar surface area (TPSA) is 130 Å². The molecule has 3 aromatic carbocycles. The fourth-order valence-electron chi connectivity index (χ4n) is 4.46. The predicted molar refractivity (Wildman–Crippen MR) is 170 cm³/mol. The Morgan fingerprint density at radius 2 is 2.02 bits per heavy atom. The molecule has 0 spiro atoms. The summed E-state index contributed by atoms with van der Waals surface area (Å²) in [6, 6.07) is 16.4. The highest BCUT2D eigenvalue weighted by Crippen LogP contribution is 2.38. The van der Waals surface area contributed by atoms with E-state index in [2.05, 4.69) is 21.1 Å². The second-order valence-corrected chi connectivity index (χ2v) is 15.3. The monoisotopic (exact) mass is 660 g/mol. The van der Waals surface area contributed by atoms with Crippen LogP contribution in [0.4, 0.5) is 21.5 Å². The molecule has 43 heavy (non-hydrogen) atoms. The summed E-state index contributed by atoms with van der Waals surface area (Å²) in [5.41, 5.74) is 2.46. The van der Waals surface area contributed by atoms with Crippen molar-refractivity contribution in [1.29, 1.82) is 5.26 Å². The standard InChI is InChI=1S/C29H26ClFN4O5S3/c1-2-39-28-13-25-23(12-26(28)35-43(37,38)17-22-8-9-42(36)41-22)29(19(14-32)15-33-25)34-21-6-7-27(24(30)11-21)40-16-18-4-3-5-20(31)10-18/h3-7,10-13,15,22,35H,2,8-9,16-17H2,1H3,(H,33,34). The lowest BCUT2D eigenvalue weighted by Gasteiger charge is -2.18. The molecule has 2 N–H and O–H groups in total. The van der Waals surface area contributed by atoms with E-state index in [1.165, 1.54) is 18.3 Å². The summed E-state index contributed by atoms with van der Waals surface area (Å²) in [7, 11) is -3.74. The summed E-state index contributed by atoms with van der Waals surface area (Å²) in [6.45, 7) is 2.18. The molecule has 2 unspecified atom stereocenters. The molecule has 224 valence electrons. The van der Waals surface area contributed by atoms with Gasteiger partial charge < -0.3 is 14.8 Å². The molecular formula is C29H26ClFN4O5S3. The molecule has 1 aromatic heterocycles. The average Bonchev–Trinajstić information content (AvgIpc) is 3.36. The minimum absolute atomic E-state index is 0.121. The molecular weight excluding hydrogens is 635 g/mol. The molecule has 5 rings (SSSR count). The van der Waals surface area contributed by atoms with Gasteiger partial charge in [0.05, 0.1) is 49.7 Å². The van der Waals surface area contributed by atoms with Gasteiger partial charge in [-0.3, -0.25) is 9.71 Å². The second-order valence-electron chi connectivity index (χ2n) is 9.54. The van der Waals surface area contributed by atoms with E-state index in [9.17, 15) is 22.3 Å². The highest BCUT2D eigenvalue weighted by molar-refractivity contribution is 8.69. The number of aromatic nitrogens is 1. The van der Waals surface area contributed by atoms with Crippen molar-refractivity contribution in [1.82, 2.24) is 4.98 Å². The lowest BCUT2D eigenvalue weighted by Crippen LogP contribution is -2.23. The highest BCUT2D eigenvalue weighted by atomic mass is 35.5. The fourth-order valence-corrected chi connectivity index (χ4v) is 10.2. The van der Waals surface area contributed by atoms with Crippen LogP contribution < -0.4 is 19.5 Å². The Balaban J connectivity index is 1.44. The van der Waals surface area contributed by atoms with Crippen molar-refractivity contribution < 1.29 is 26.5 Å². The van der Waals surface area contributed by atoms with Gasteiger partial charge in [-0.1, -0.05) is 34.5 Å². The number of pyridine rings is 1. The van der Waals surface area contributed by atoms with E-state index in [0.717, 1.165) is 10.8 Å². The zero-order valence-corrected chi connectivity index (χ0v) is 26.0. The van der Waals surface area contributed by atoms with Crippen LogP contribution in [0.25, 0.3) is 10.9 Å². The van der Waals surface area contributed by atoms with Crippen LogP contribution in [0.3, 0.4) is 0 Å². The Morgan fingerprint density at radius 3 is 2.72 bits per heavy atom. The van der Waals surface area contributed by atoms with Gasteiger partial charge in [0.25, 0.3) is 0 Å². The number of hydrogen-bond acceptors (Lipinski definition) is 9. The van der Waals surface area contributed by atoms with Crippen molar-refractivity contribution in [3.8, 4) is 17.6 Å². The van der Waals surface area contributed by atoms with Crippen LogP contribution in [0.5, 0.6) is 11.5 Å². The maximum absolute atomic E-state index is 13.5. The first-order valence-corrected chi connectivity index (χ1v) is 17.9. The Hall–Kier alpha value is -3.57. The number of nitrogens with zero attached hydrogens (tertiary/aromatic N) is 2. The maximum atomic E-state index is 13.5. The molecule has 2 heterocycles. The van der Waals surface area contributed by atoms with Crippen LogP contribution in [-0.2, 0) is 26.5 Å². The molecule has 0 amide bonds. The SMILES string of the molecule is CCOc1cc2ncc(C#N)c(Nc3ccc(OCc4cccc(F)c4)c(Cl)c3)c2cc1NS(=O)(=O)CC1CCS(=O)S1. The molecule has 0 saturated carbocycles. The minimum Gasteiger partial charge on any atom is -0.492 e. The Bertz CT molecular complexity index is 1850.